The first-order chi connectivity index (χ1) is 8.35. The van der Waals surface area contributed by atoms with Gasteiger partial charge in [0.2, 0.25) is 0 Å². The highest BCUT2D eigenvalue weighted by Crippen LogP contribution is 2.50. The molecule has 1 saturated carbocycles. The number of carbonyl (C=O) groups excluding carboxylic acids is 1. The third-order valence-electron chi connectivity index (χ3n) is 3.72. The Hall–Kier alpha value is -1.10. The lowest BCUT2D eigenvalue weighted by Crippen LogP contribution is -2.54. The summed E-state index contributed by atoms with van der Waals surface area (Å²) >= 11 is 0. The Morgan fingerprint density at radius 2 is 2.22 bits per heavy atom. The fraction of sp³-hybridized carbons (Fsp3) is 0.846. The molecule has 1 heterocycles. The van der Waals surface area contributed by atoms with E-state index in [0.29, 0.717) is 18.6 Å². The van der Waals surface area contributed by atoms with Gasteiger partial charge in [-0.05, 0) is 19.8 Å². The van der Waals surface area contributed by atoms with Crippen molar-refractivity contribution in [3.05, 3.63) is 0 Å². The molecule has 0 spiro atoms. The number of aliphatic hydroxyl groups is 1. The topological polar surface area (TPSA) is 68.1 Å². The van der Waals surface area contributed by atoms with Gasteiger partial charge in [-0.1, -0.05) is 25.9 Å². The first kappa shape index (κ1) is 13.3. The summed E-state index contributed by atoms with van der Waals surface area (Å²) in [5.74, 6) is -0.411. The Kier molecular flexibility index (Phi) is 3.13. The van der Waals surface area contributed by atoms with Crippen LogP contribution in [0.2, 0.25) is 0 Å². The van der Waals surface area contributed by atoms with Crippen LogP contribution in [-0.2, 0) is 14.4 Å². The predicted octanol–water partition coefficient (Wildman–Crippen LogP) is 1.49. The van der Waals surface area contributed by atoms with Gasteiger partial charge in [0.05, 0.1) is 18.4 Å². The number of fused-ring (bicyclic) bond motifs is 1. The summed E-state index contributed by atoms with van der Waals surface area (Å²) in [6.45, 7) is 7.93. The minimum absolute atomic E-state index is 0.289. The summed E-state index contributed by atoms with van der Waals surface area (Å²) in [5, 5.41) is 14.4. The number of nitrogens with zero attached hydrogens (tertiary/aromatic N) is 1. The van der Waals surface area contributed by atoms with Crippen molar-refractivity contribution in [2.24, 2.45) is 16.0 Å². The molecule has 0 aromatic carbocycles. The van der Waals surface area contributed by atoms with E-state index in [1.54, 1.807) is 6.92 Å². The van der Waals surface area contributed by atoms with Crippen molar-refractivity contribution in [3.8, 4) is 0 Å². The van der Waals surface area contributed by atoms with Gasteiger partial charge in [0.25, 0.3) is 0 Å². The van der Waals surface area contributed by atoms with Crippen LogP contribution in [0.4, 0.5) is 0 Å². The second kappa shape index (κ2) is 4.23. The molecule has 2 aliphatic rings. The van der Waals surface area contributed by atoms with E-state index in [1.807, 2.05) is 20.8 Å². The van der Waals surface area contributed by atoms with Gasteiger partial charge in [-0.25, -0.2) is 0 Å². The second-order valence-corrected chi connectivity index (χ2v) is 5.97. The molecule has 1 fully saturated rings. The zero-order valence-corrected chi connectivity index (χ0v) is 11.4. The van der Waals surface area contributed by atoms with Crippen LogP contribution in [0.3, 0.4) is 0 Å². The molecule has 0 radical (unpaired) electrons. The maximum absolute atomic E-state index is 12.4. The van der Waals surface area contributed by atoms with E-state index in [4.69, 9.17) is 9.57 Å². The van der Waals surface area contributed by atoms with Gasteiger partial charge in [0.1, 0.15) is 0 Å². The van der Waals surface area contributed by atoms with Gasteiger partial charge in [-0.15, -0.1) is 0 Å². The molecule has 0 saturated heterocycles. The Morgan fingerprint density at radius 3 is 2.78 bits per heavy atom. The lowest BCUT2D eigenvalue weighted by Gasteiger charge is -2.34. The van der Waals surface area contributed by atoms with E-state index in [1.165, 1.54) is 0 Å². The van der Waals surface area contributed by atoms with Crippen molar-refractivity contribution in [2.45, 2.75) is 52.7 Å². The normalized spacial score (nSPS) is 34.8. The smallest absolute Gasteiger partial charge is 0.324 e. The molecular weight excluding hydrogens is 234 g/mol. The molecule has 1 N–H and O–H groups in total. The third-order valence-corrected chi connectivity index (χ3v) is 3.72. The van der Waals surface area contributed by atoms with Gasteiger partial charge in [0.15, 0.2) is 11.5 Å². The largest absolute Gasteiger partial charge is 0.465 e. The number of oxime groups is 1. The maximum Gasteiger partial charge on any atom is 0.324 e. The maximum atomic E-state index is 12.4. The number of hydrogen-bond donors (Lipinski definition) is 1. The van der Waals surface area contributed by atoms with Gasteiger partial charge >= 0.3 is 5.97 Å². The monoisotopic (exact) mass is 255 g/mol. The average Bonchev–Trinajstić information content (AvgIpc) is 2.77. The van der Waals surface area contributed by atoms with Crippen LogP contribution in [-0.4, -0.2) is 35.6 Å². The Balaban J connectivity index is 2.46. The Bertz CT molecular complexity index is 385. The quantitative estimate of drug-likeness (QED) is 0.759. The summed E-state index contributed by atoms with van der Waals surface area (Å²) < 4.78 is 5.17. The minimum atomic E-state index is -1.10. The lowest BCUT2D eigenvalue weighted by atomic mass is 9.68. The standard InChI is InChI=1S/C13H21NO4/c1-5-17-11(16)13-8(15)6-7-9(13)18-14-10(13)12(2,3)4/h8-9,15H,5-7H2,1-4H3. The number of esters is 1. The average molecular weight is 255 g/mol. The molecule has 3 atom stereocenters. The van der Waals surface area contributed by atoms with Gasteiger partial charge < -0.3 is 14.7 Å². The third kappa shape index (κ3) is 1.64. The van der Waals surface area contributed by atoms with Gasteiger partial charge in [-0.2, -0.15) is 0 Å². The SMILES string of the molecule is CCOC(=O)C12C(C(C)(C)C)=NOC1CCC2O. The van der Waals surface area contributed by atoms with Crippen molar-refractivity contribution in [1.82, 2.24) is 0 Å². The van der Waals surface area contributed by atoms with Crippen molar-refractivity contribution >= 4 is 11.7 Å². The second-order valence-electron chi connectivity index (χ2n) is 5.97. The van der Waals surface area contributed by atoms with E-state index in [0.717, 1.165) is 0 Å². The number of carbonyl (C=O) groups is 1. The summed E-state index contributed by atoms with van der Waals surface area (Å²) in [6, 6.07) is 0. The number of aliphatic hydroxyl groups excluding tert-OH is 1. The van der Waals surface area contributed by atoms with E-state index in [-0.39, 0.29) is 18.1 Å². The summed E-state index contributed by atoms with van der Waals surface area (Å²) in [4.78, 5) is 17.8. The first-order valence-corrected chi connectivity index (χ1v) is 6.45. The van der Waals surface area contributed by atoms with Crippen LogP contribution in [0.25, 0.3) is 0 Å². The van der Waals surface area contributed by atoms with Crippen LogP contribution >= 0.6 is 0 Å². The van der Waals surface area contributed by atoms with Crippen LogP contribution < -0.4 is 0 Å². The van der Waals surface area contributed by atoms with Crippen LogP contribution in [0, 0.1) is 10.8 Å². The number of hydrogen-bond acceptors (Lipinski definition) is 5. The number of rotatable bonds is 2. The van der Waals surface area contributed by atoms with E-state index >= 15 is 0 Å². The van der Waals surface area contributed by atoms with Crippen LogP contribution in [0.1, 0.15) is 40.5 Å². The van der Waals surface area contributed by atoms with Crippen molar-refractivity contribution in [2.75, 3.05) is 6.61 Å². The molecule has 0 amide bonds. The lowest BCUT2D eigenvalue weighted by molar-refractivity contribution is -0.160. The van der Waals surface area contributed by atoms with Gasteiger partial charge in [0, 0.05) is 5.41 Å². The van der Waals surface area contributed by atoms with E-state index < -0.39 is 17.5 Å². The summed E-state index contributed by atoms with van der Waals surface area (Å²) in [5.41, 5.74) is -0.843. The molecule has 3 unspecified atom stereocenters. The molecule has 1 aliphatic heterocycles. The van der Waals surface area contributed by atoms with Crippen molar-refractivity contribution in [1.29, 1.82) is 0 Å². The van der Waals surface area contributed by atoms with Crippen LogP contribution in [0.15, 0.2) is 5.16 Å². The van der Waals surface area contributed by atoms with E-state index in [2.05, 4.69) is 5.16 Å². The molecule has 102 valence electrons. The highest BCUT2D eigenvalue weighted by Gasteiger charge is 2.66. The van der Waals surface area contributed by atoms with Gasteiger partial charge in [-0.3, -0.25) is 4.79 Å². The zero-order chi connectivity index (χ0) is 13.6. The fourth-order valence-electron chi connectivity index (χ4n) is 2.99. The predicted molar refractivity (Wildman–Crippen MR) is 66.1 cm³/mol. The van der Waals surface area contributed by atoms with Crippen molar-refractivity contribution < 1.29 is 19.5 Å². The molecule has 0 aromatic rings. The Labute approximate surface area is 107 Å². The van der Waals surface area contributed by atoms with E-state index in [9.17, 15) is 9.90 Å². The first-order valence-electron chi connectivity index (χ1n) is 6.45. The molecule has 0 aromatic heterocycles. The highest BCUT2D eigenvalue weighted by molar-refractivity contribution is 6.11. The highest BCUT2D eigenvalue weighted by atomic mass is 16.7. The molecule has 5 nitrogen and oxygen atoms in total. The molecule has 5 heteroatoms. The minimum Gasteiger partial charge on any atom is -0.465 e. The number of ether oxygens (including phenoxy) is 1. The molecule has 2 rings (SSSR count). The summed E-state index contributed by atoms with van der Waals surface area (Å²) in [6.07, 6.45) is 0.00422. The van der Waals surface area contributed by atoms with Crippen LogP contribution in [0.5, 0.6) is 0 Å². The molecule has 18 heavy (non-hydrogen) atoms. The molecule has 0 bridgehead atoms. The molecule has 1 aliphatic carbocycles. The molecular formula is C13H21NO4. The zero-order valence-electron chi connectivity index (χ0n) is 11.4. The fourth-order valence-corrected chi connectivity index (χ4v) is 2.99. The Morgan fingerprint density at radius 1 is 1.56 bits per heavy atom. The summed E-state index contributed by atoms with van der Waals surface area (Å²) in [7, 11) is 0. The van der Waals surface area contributed by atoms with Crippen molar-refractivity contribution in [3.63, 3.8) is 0 Å².